The lowest BCUT2D eigenvalue weighted by Gasteiger charge is -2.04. The summed E-state index contributed by atoms with van der Waals surface area (Å²) >= 11 is 1.38. The first-order valence-corrected chi connectivity index (χ1v) is 7.36. The molecule has 0 unspecified atom stereocenters. The van der Waals surface area contributed by atoms with Crippen LogP contribution in [-0.2, 0) is 16.0 Å². The topological polar surface area (TPSA) is 101 Å². The number of nitrogens with zero attached hydrogens (tertiary/aromatic N) is 1. The highest BCUT2D eigenvalue weighted by atomic mass is 32.2. The minimum Gasteiger partial charge on any atom is -0.369 e. The third-order valence-electron chi connectivity index (χ3n) is 2.60. The molecule has 0 bridgehead atoms. The van der Waals surface area contributed by atoms with Gasteiger partial charge in [-0.15, -0.1) is 0 Å². The van der Waals surface area contributed by atoms with E-state index in [1.54, 1.807) is 0 Å². The van der Waals surface area contributed by atoms with E-state index < -0.39 is 0 Å². The molecule has 106 valence electrons. The van der Waals surface area contributed by atoms with E-state index in [2.05, 4.69) is 15.5 Å². The van der Waals surface area contributed by atoms with Crippen molar-refractivity contribution in [2.45, 2.75) is 26.2 Å². The van der Waals surface area contributed by atoms with Crippen molar-refractivity contribution in [1.82, 2.24) is 15.5 Å². The fourth-order valence-electron chi connectivity index (χ4n) is 1.56. The van der Waals surface area contributed by atoms with Crippen molar-refractivity contribution in [3.8, 4) is 0 Å². The Bertz CT molecular complexity index is 420. The van der Waals surface area contributed by atoms with Crippen LogP contribution in [0.1, 0.15) is 24.1 Å². The number of amides is 2. The van der Waals surface area contributed by atoms with Crippen LogP contribution in [0.5, 0.6) is 0 Å². The first-order valence-electron chi connectivity index (χ1n) is 6.21. The number of aromatic amines is 1. The van der Waals surface area contributed by atoms with Crippen molar-refractivity contribution in [2.75, 3.05) is 18.1 Å². The van der Waals surface area contributed by atoms with Crippen LogP contribution in [0, 0.1) is 6.92 Å². The minimum absolute atomic E-state index is 0.0147. The molecule has 0 fully saturated rings. The van der Waals surface area contributed by atoms with E-state index in [4.69, 9.17) is 5.73 Å². The summed E-state index contributed by atoms with van der Waals surface area (Å²) < 4.78 is 0. The maximum Gasteiger partial charge on any atom is 0.227 e. The highest BCUT2D eigenvalue weighted by Gasteiger charge is 2.03. The molecule has 1 rings (SSSR count). The molecule has 7 heteroatoms. The molecule has 0 aliphatic rings. The second-order valence-corrected chi connectivity index (χ2v) is 5.35. The number of H-pyrrole nitrogens is 1. The predicted molar refractivity (Wildman–Crippen MR) is 75.8 cm³/mol. The maximum atomic E-state index is 11.5. The van der Waals surface area contributed by atoms with E-state index in [-0.39, 0.29) is 17.6 Å². The largest absolute Gasteiger partial charge is 0.369 e. The van der Waals surface area contributed by atoms with E-state index in [0.29, 0.717) is 18.7 Å². The summed E-state index contributed by atoms with van der Waals surface area (Å²) in [5.41, 5.74) is 7.26. The van der Waals surface area contributed by atoms with E-state index in [0.717, 1.165) is 18.5 Å². The number of primary amides is 1. The summed E-state index contributed by atoms with van der Waals surface area (Å²) in [7, 11) is 0. The third kappa shape index (κ3) is 6.85. The molecule has 1 aromatic heterocycles. The molecule has 0 spiro atoms. The van der Waals surface area contributed by atoms with E-state index >= 15 is 0 Å². The van der Waals surface area contributed by atoms with Crippen molar-refractivity contribution in [3.05, 3.63) is 17.5 Å². The Kier molecular flexibility index (Phi) is 7.02. The molecule has 0 radical (unpaired) electrons. The van der Waals surface area contributed by atoms with Crippen LogP contribution in [0.15, 0.2) is 6.20 Å². The molecule has 0 aliphatic heterocycles. The zero-order chi connectivity index (χ0) is 14.1. The van der Waals surface area contributed by atoms with Gasteiger partial charge in [-0.05, 0) is 25.3 Å². The summed E-state index contributed by atoms with van der Waals surface area (Å²) in [4.78, 5) is 21.9. The normalized spacial score (nSPS) is 10.4. The van der Waals surface area contributed by atoms with Gasteiger partial charge in [-0.2, -0.15) is 16.9 Å². The number of carbonyl (C=O) groups is 2. The summed E-state index contributed by atoms with van der Waals surface area (Å²) in [5, 5.41) is 9.68. The van der Waals surface area contributed by atoms with Crippen LogP contribution in [0.25, 0.3) is 0 Å². The van der Waals surface area contributed by atoms with Crippen LogP contribution in [0.2, 0.25) is 0 Å². The molecule has 2 amide bonds. The minimum atomic E-state index is -0.346. The van der Waals surface area contributed by atoms with Crippen molar-refractivity contribution in [3.63, 3.8) is 0 Å². The number of carbonyl (C=O) groups excluding carboxylic acids is 2. The van der Waals surface area contributed by atoms with Gasteiger partial charge in [0.15, 0.2) is 0 Å². The molecule has 0 saturated carbocycles. The number of aromatic nitrogens is 2. The fraction of sp³-hybridized carbons (Fsp3) is 0.583. The SMILES string of the molecule is Cc1[nH]ncc1CCCNC(=O)CCSCC(N)=O. The lowest BCUT2D eigenvalue weighted by molar-refractivity contribution is -0.120. The van der Waals surface area contributed by atoms with Gasteiger partial charge in [0.2, 0.25) is 11.8 Å². The van der Waals surface area contributed by atoms with Crippen molar-refractivity contribution < 1.29 is 9.59 Å². The van der Waals surface area contributed by atoms with Gasteiger partial charge in [0.05, 0.1) is 11.9 Å². The molecule has 1 heterocycles. The summed E-state index contributed by atoms with van der Waals surface area (Å²) in [5.74, 6) is 0.560. The van der Waals surface area contributed by atoms with Gasteiger partial charge in [0.1, 0.15) is 0 Å². The summed E-state index contributed by atoms with van der Waals surface area (Å²) in [6.07, 6.45) is 4.03. The molecule has 6 nitrogen and oxygen atoms in total. The molecule has 19 heavy (non-hydrogen) atoms. The summed E-state index contributed by atoms with van der Waals surface area (Å²) in [6.45, 7) is 2.64. The number of thioether (sulfide) groups is 1. The number of aryl methyl sites for hydroxylation is 2. The molecule has 0 aromatic carbocycles. The standard InChI is InChI=1S/C12H20N4O2S/c1-9-10(7-15-16-9)3-2-5-14-12(18)4-6-19-8-11(13)17/h7H,2-6,8H2,1H3,(H2,13,17)(H,14,18)(H,15,16). The van der Waals surface area contributed by atoms with Crippen molar-refractivity contribution >= 4 is 23.6 Å². The zero-order valence-electron chi connectivity index (χ0n) is 11.1. The van der Waals surface area contributed by atoms with Crippen LogP contribution >= 0.6 is 11.8 Å². The number of hydrogen-bond donors (Lipinski definition) is 3. The molecular weight excluding hydrogens is 264 g/mol. The second kappa shape index (κ2) is 8.58. The lowest BCUT2D eigenvalue weighted by Crippen LogP contribution is -2.25. The van der Waals surface area contributed by atoms with Gasteiger partial charge < -0.3 is 11.1 Å². The Morgan fingerprint density at radius 3 is 2.95 bits per heavy atom. The van der Waals surface area contributed by atoms with Crippen LogP contribution < -0.4 is 11.1 Å². The Morgan fingerprint density at radius 2 is 2.32 bits per heavy atom. The number of rotatable bonds is 9. The van der Waals surface area contributed by atoms with Gasteiger partial charge in [-0.3, -0.25) is 14.7 Å². The first kappa shape index (κ1) is 15.6. The van der Waals surface area contributed by atoms with Gasteiger partial charge in [0, 0.05) is 24.4 Å². The highest BCUT2D eigenvalue weighted by molar-refractivity contribution is 7.99. The van der Waals surface area contributed by atoms with Crippen LogP contribution in [-0.4, -0.2) is 40.1 Å². The molecule has 4 N–H and O–H groups in total. The number of hydrogen-bond acceptors (Lipinski definition) is 4. The Morgan fingerprint density at radius 1 is 1.53 bits per heavy atom. The maximum absolute atomic E-state index is 11.5. The van der Waals surface area contributed by atoms with Gasteiger partial charge >= 0.3 is 0 Å². The van der Waals surface area contributed by atoms with E-state index in [9.17, 15) is 9.59 Å². The van der Waals surface area contributed by atoms with E-state index in [1.165, 1.54) is 17.3 Å². The predicted octanol–water partition coefficient (Wildman–Crippen LogP) is 0.376. The summed E-state index contributed by atoms with van der Waals surface area (Å²) in [6, 6.07) is 0. The molecule has 0 saturated heterocycles. The van der Waals surface area contributed by atoms with Crippen molar-refractivity contribution in [1.29, 1.82) is 0 Å². The fourth-order valence-corrected chi connectivity index (χ4v) is 2.24. The van der Waals surface area contributed by atoms with Crippen LogP contribution in [0.3, 0.4) is 0 Å². The lowest BCUT2D eigenvalue weighted by atomic mass is 10.1. The monoisotopic (exact) mass is 284 g/mol. The smallest absolute Gasteiger partial charge is 0.227 e. The third-order valence-corrected chi connectivity index (χ3v) is 3.58. The van der Waals surface area contributed by atoms with Crippen LogP contribution in [0.4, 0.5) is 0 Å². The van der Waals surface area contributed by atoms with Gasteiger partial charge in [-0.1, -0.05) is 0 Å². The molecule has 1 aromatic rings. The Labute approximate surface area is 116 Å². The number of nitrogens with two attached hydrogens (primary N) is 1. The second-order valence-electron chi connectivity index (χ2n) is 4.24. The number of nitrogens with one attached hydrogen (secondary N) is 2. The highest BCUT2D eigenvalue weighted by Crippen LogP contribution is 2.05. The van der Waals surface area contributed by atoms with Crippen molar-refractivity contribution in [2.24, 2.45) is 5.73 Å². The average Bonchev–Trinajstić information content (AvgIpc) is 2.76. The molecule has 0 aliphatic carbocycles. The van der Waals surface area contributed by atoms with Gasteiger partial charge in [-0.25, -0.2) is 0 Å². The molecular formula is C12H20N4O2S. The zero-order valence-corrected chi connectivity index (χ0v) is 11.9. The Balaban J connectivity index is 2.01. The average molecular weight is 284 g/mol. The Hall–Kier alpha value is -1.50. The van der Waals surface area contributed by atoms with E-state index in [1.807, 2.05) is 13.1 Å². The quantitative estimate of drug-likeness (QED) is 0.570. The molecule has 0 atom stereocenters. The van der Waals surface area contributed by atoms with Gasteiger partial charge in [0.25, 0.3) is 0 Å². The first-order chi connectivity index (χ1) is 9.09.